The lowest BCUT2D eigenvalue weighted by Crippen LogP contribution is -2.06. The molecule has 0 spiro atoms. The summed E-state index contributed by atoms with van der Waals surface area (Å²) < 4.78 is 39.3. The van der Waals surface area contributed by atoms with Gasteiger partial charge in [-0.2, -0.15) is 13.2 Å². The van der Waals surface area contributed by atoms with Gasteiger partial charge in [0.05, 0.1) is 18.3 Å². The molecular weight excluding hydrogens is 285 g/mol. The Morgan fingerprint density at radius 2 is 2.10 bits per heavy atom. The summed E-state index contributed by atoms with van der Waals surface area (Å²) in [5, 5.41) is 19.4. The van der Waals surface area contributed by atoms with Gasteiger partial charge in [0, 0.05) is 18.8 Å². The van der Waals surface area contributed by atoms with Gasteiger partial charge in [-0.05, 0) is 24.6 Å². The Labute approximate surface area is 119 Å². The van der Waals surface area contributed by atoms with E-state index in [4.69, 9.17) is 5.11 Å². The standard InChI is InChI=1S/C13H15F3N4O/c14-13(15,16)10-3-1-4-11(7-10)17-8-12-9-20(19-18-12)5-2-6-21/h1,3-4,7,9,17,21H,2,5-6,8H2. The molecule has 0 aliphatic carbocycles. The maximum atomic E-state index is 12.6. The second kappa shape index (κ2) is 6.57. The van der Waals surface area contributed by atoms with Crippen LogP contribution in [0.3, 0.4) is 0 Å². The molecule has 0 aliphatic heterocycles. The zero-order valence-electron chi connectivity index (χ0n) is 11.1. The number of alkyl halides is 3. The minimum Gasteiger partial charge on any atom is -0.396 e. The number of halogens is 3. The predicted molar refractivity (Wildman–Crippen MR) is 70.5 cm³/mol. The second-order valence-electron chi connectivity index (χ2n) is 4.48. The molecule has 0 fully saturated rings. The fourth-order valence-electron chi connectivity index (χ4n) is 1.76. The summed E-state index contributed by atoms with van der Waals surface area (Å²) in [5.41, 5.74) is 0.291. The van der Waals surface area contributed by atoms with Gasteiger partial charge in [0.25, 0.3) is 0 Å². The lowest BCUT2D eigenvalue weighted by Gasteiger charge is -2.09. The number of hydrogen-bond donors (Lipinski definition) is 2. The van der Waals surface area contributed by atoms with Crippen molar-refractivity contribution in [2.75, 3.05) is 11.9 Å². The Morgan fingerprint density at radius 3 is 2.81 bits per heavy atom. The third-order valence-electron chi connectivity index (χ3n) is 2.79. The Kier molecular flexibility index (Phi) is 4.79. The monoisotopic (exact) mass is 300 g/mol. The number of aryl methyl sites for hydroxylation is 1. The van der Waals surface area contributed by atoms with Gasteiger partial charge in [0.15, 0.2) is 0 Å². The van der Waals surface area contributed by atoms with Crippen LogP contribution in [0.2, 0.25) is 0 Å². The molecule has 0 aliphatic rings. The Morgan fingerprint density at radius 1 is 1.29 bits per heavy atom. The first-order valence-electron chi connectivity index (χ1n) is 6.40. The quantitative estimate of drug-likeness (QED) is 0.859. The summed E-state index contributed by atoms with van der Waals surface area (Å²) in [4.78, 5) is 0. The van der Waals surface area contributed by atoms with Crippen LogP contribution in [0.1, 0.15) is 17.7 Å². The van der Waals surface area contributed by atoms with Crippen LogP contribution in [-0.2, 0) is 19.3 Å². The zero-order valence-corrected chi connectivity index (χ0v) is 11.1. The summed E-state index contributed by atoms with van der Waals surface area (Å²) in [6, 6.07) is 4.99. The van der Waals surface area contributed by atoms with Crippen molar-refractivity contribution in [3.63, 3.8) is 0 Å². The van der Waals surface area contributed by atoms with Crippen molar-refractivity contribution < 1.29 is 18.3 Å². The molecule has 0 saturated heterocycles. The van der Waals surface area contributed by atoms with Crippen molar-refractivity contribution in [2.24, 2.45) is 0 Å². The first-order valence-corrected chi connectivity index (χ1v) is 6.40. The summed E-state index contributed by atoms with van der Waals surface area (Å²) in [6.45, 7) is 0.894. The molecule has 0 saturated carbocycles. The molecule has 1 heterocycles. The average molecular weight is 300 g/mol. The highest BCUT2D eigenvalue weighted by atomic mass is 19.4. The molecule has 114 valence electrons. The fraction of sp³-hybridized carbons (Fsp3) is 0.385. The normalized spacial score (nSPS) is 11.6. The maximum absolute atomic E-state index is 12.6. The van der Waals surface area contributed by atoms with Crippen LogP contribution in [0.25, 0.3) is 0 Å². The molecule has 0 radical (unpaired) electrons. The van der Waals surface area contributed by atoms with Gasteiger partial charge in [-0.3, -0.25) is 4.68 Å². The molecule has 2 aromatic rings. The van der Waals surface area contributed by atoms with Gasteiger partial charge in [-0.25, -0.2) is 0 Å². The maximum Gasteiger partial charge on any atom is 0.416 e. The largest absolute Gasteiger partial charge is 0.416 e. The van der Waals surface area contributed by atoms with Crippen LogP contribution in [0, 0.1) is 0 Å². The van der Waals surface area contributed by atoms with Crippen LogP contribution >= 0.6 is 0 Å². The number of anilines is 1. The topological polar surface area (TPSA) is 63.0 Å². The van der Waals surface area contributed by atoms with Gasteiger partial charge in [-0.15, -0.1) is 5.10 Å². The molecule has 2 rings (SSSR count). The average Bonchev–Trinajstić information content (AvgIpc) is 2.90. The summed E-state index contributed by atoms with van der Waals surface area (Å²) in [5.74, 6) is 0. The number of aliphatic hydroxyl groups is 1. The van der Waals surface area contributed by atoms with Crippen LogP contribution in [0.4, 0.5) is 18.9 Å². The van der Waals surface area contributed by atoms with Crippen molar-refractivity contribution in [2.45, 2.75) is 25.7 Å². The van der Waals surface area contributed by atoms with Gasteiger partial charge < -0.3 is 10.4 Å². The van der Waals surface area contributed by atoms with Gasteiger partial charge >= 0.3 is 6.18 Å². The predicted octanol–water partition coefficient (Wildman–Crippen LogP) is 2.29. The van der Waals surface area contributed by atoms with E-state index in [0.717, 1.165) is 12.1 Å². The van der Waals surface area contributed by atoms with E-state index in [1.807, 2.05) is 0 Å². The molecule has 8 heteroatoms. The van der Waals surface area contributed by atoms with Crippen LogP contribution in [0.5, 0.6) is 0 Å². The molecule has 2 N–H and O–H groups in total. The van der Waals surface area contributed by atoms with Gasteiger partial charge in [-0.1, -0.05) is 11.3 Å². The van der Waals surface area contributed by atoms with E-state index in [9.17, 15) is 13.2 Å². The number of aliphatic hydroxyl groups excluding tert-OH is 1. The lowest BCUT2D eigenvalue weighted by molar-refractivity contribution is -0.137. The highest BCUT2D eigenvalue weighted by Gasteiger charge is 2.30. The van der Waals surface area contributed by atoms with Crippen molar-refractivity contribution in [3.8, 4) is 0 Å². The first-order chi connectivity index (χ1) is 9.99. The van der Waals surface area contributed by atoms with E-state index < -0.39 is 11.7 Å². The van der Waals surface area contributed by atoms with Crippen molar-refractivity contribution in [1.82, 2.24) is 15.0 Å². The molecule has 1 aromatic heterocycles. The summed E-state index contributed by atoms with van der Waals surface area (Å²) in [6.07, 6.45) is -2.09. The summed E-state index contributed by atoms with van der Waals surface area (Å²) in [7, 11) is 0. The van der Waals surface area contributed by atoms with Crippen LogP contribution in [-0.4, -0.2) is 26.7 Å². The second-order valence-corrected chi connectivity index (χ2v) is 4.48. The number of hydrogen-bond acceptors (Lipinski definition) is 4. The number of benzene rings is 1. The smallest absolute Gasteiger partial charge is 0.396 e. The third-order valence-corrected chi connectivity index (χ3v) is 2.79. The molecule has 5 nitrogen and oxygen atoms in total. The Balaban J connectivity index is 1.95. The molecule has 21 heavy (non-hydrogen) atoms. The molecular formula is C13H15F3N4O. The molecule has 1 aromatic carbocycles. The molecule has 0 atom stereocenters. The number of aromatic nitrogens is 3. The van der Waals surface area contributed by atoms with Crippen molar-refractivity contribution in [1.29, 1.82) is 0 Å². The first kappa shape index (κ1) is 15.3. The number of rotatable bonds is 6. The zero-order chi connectivity index (χ0) is 15.3. The van der Waals surface area contributed by atoms with Crippen LogP contribution in [0.15, 0.2) is 30.5 Å². The van der Waals surface area contributed by atoms with E-state index in [-0.39, 0.29) is 13.2 Å². The van der Waals surface area contributed by atoms with E-state index in [1.165, 1.54) is 6.07 Å². The molecule has 0 bridgehead atoms. The number of nitrogens with zero attached hydrogens (tertiary/aromatic N) is 3. The lowest BCUT2D eigenvalue weighted by atomic mass is 10.2. The van der Waals surface area contributed by atoms with E-state index in [1.54, 1.807) is 16.9 Å². The van der Waals surface area contributed by atoms with Crippen LogP contribution < -0.4 is 5.32 Å². The minimum absolute atomic E-state index is 0.0671. The Bertz CT molecular complexity index is 583. The summed E-state index contributed by atoms with van der Waals surface area (Å²) >= 11 is 0. The molecule has 0 amide bonds. The highest BCUT2D eigenvalue weighted by molar-refractivity contribution is 5.46. The van der Waals surface area contributed by atoms with E-state index in [2.05, 4.69) is 15.6 Å². The Hall–Kier alpha value is -2.09. The van der Waals surface area contributed by atoms with E-state index in [0.29, 0.717) is 24.3 Å². The van der Waals surface area contributed by atoms with Crippen molar-refractivity contribution in [3.05, 3.63) is 41.7 Å². The van der Waals surface area contributed by atoms with Gasteiger partial charge in [0.1, 0.15) is 5.69 Å². The van der Waals surface area contributed by atoms with Crippen molar-refractivity contribution >= 4 is 5.69 Å². The number of nitrogens with one attached hydrogen (secondary N) is 1. The SMILES string of the molecule is OCCCn1cc(CNc2cccc(C(F)(F)F)c2)nn1. The third kappa shape index (κ3) is 4.45. The highest BCUT2D eigenvalue weighted by Crippen LogP contribution is 2.30. The molecule has 0 unspecified atom stereocenters. The minimum atomic E-state index is -4.36. The fourth-order valence-corrected chi connectivity index (χ4v) is 1.76. The van der Waals surface area contributed by atoms with E-state index >= 15 is 0 Å². The van der Waals surface area contributed by atoms with Gasteiger partial charge in [0.2, 0.25) is 0 Å².